The zero-order chi connectivity index (χ0) is 19.9. The summed E-state index contributed by atoms with van der Waals surface area (Å²) in [6.07, 6.45) is 0. The van der Waals surface area contributed by atoms with Gasteiger partial charge in [0.2, 0.25) is 12.7 Å². The molecule has 2 aliphatic rings. The van der Waals surface area contributed by atoms with Crippen molar-refractivity contribution in [3.8, 4) is 11.5 Å². The Balaban J connectivity index is 1.51. The third-order valence-electron chi connectivity index (χ3n) is 5.15. The number of amides is 2. The van der Waals surface area contributed by atoms with Crippen LogP contribution in [0.1, 0.15) is 19.4 Å². The number of nitrogens with one attached hydrogen (secondary N) is 2. The van der Waals surface area contributed by atoms with Crippen LogP contribution in [0.25, 0.3) is 0 Å². The Morgan fingerprint density at radius 1 is 1.18 bits per heavy atom. The molecule has 2 N–H and O–H groups in total. The van der Waals surface area contributed by atoms with Crippen LogP contribution in [-0.4, -0.2) is 37.7 Å². The highest BCUT2D eigenvalue weighted by Gasteiger charge is 2.44. The molecule has 0 saturated heterocycles. The number of anilines is 2. The number of nitrogens with zero attached hydrogens (tertiary/aromatic N) is 1. The summed E-state index contributed by atoms with van der Waals surface area (Å²) in [5, 5.41) is 2.89. The summed E-state index contributed by atoms with van der Waals surface area (Å²) in [5.41, 5.74) is 1.50. The van der Waals surface area contributed by atoms with Crippen molar-refractivity contribution in [1.29, 1.82) is 0 Å². The van der Waals surface area contributed by atoms with Crippen molar-refractivity contribution < 1.29 is 24.0 Å². The van der Waals surface area contributed by atoms with Gasteiger partial charge in [-0.15, -0.1) is 0 Å². The minimum Gasteiger partial charge on any atom is -0.454 e. The lowest BCUT2D eigenvalue weighted by molar-refractivity contribution is -0.885. The fourth-order valence-corrected chi connectivity index (χ4v) is 3.70. The van der Waals surface area contributed by atoms with Crippen LogP contribution in [0.4, 0.5) is 11.4 Å². The summed E-state index contributed by atoms with van der Waals surface area (Å²) in [6, 6.07) is 13.2. The van der Waals surface area contributed by atoms with E-state index in [1.54, 1.807) is 18.7 Å². The van der Waals surface area contributed by atoms with Crippen molar-refractivity contribution >= 4 is 23.2 Å². The number of ether oxygens (including phenoxy) is 2. The standard InChI is InChI=1S/C21H23N3O4/c1-21(2)20(26)22-15-6-4-5-7-16(15)24(21)19(25)12-23(3)11-14-8-9-17-18(10-14)28-13-27-17/h4-10H,11-13H2,1-3H3,(H,22,26)/p+1. The van der Waals surface area contributed by atoms with E-state index in [9.17, 15) is 9.59 Å². The van der Waals surface area contributed by atoms with Gasteiger partial charge in [-0.05, 0) is 44.2 Å². The molecule has 1 unspecified atom stereocenters. The number of rotatable bonds is 4. The second-order valence-corrected chi connectivity index (χ2v) is 7.76. The first-order chi connectivity index (χ1) is 13.4. The molecule has 0 aromatic heterocycles. The highest BCUT2D eigenvalue weighted by atomic mass is 16.7. The van der Waals surface area contributed by atoms with Crippen molar-refractivity contribution in [2.24, 2.45) is 0 Å². The predicted molar refractivity (Wildman–Crippen MR) is 105 cm³/mol. The molecule has 2 amide bonds. The Hall–Kier alpha value is -3.06. The van der Waals surface area contributed by atoms with Gasteiger partial charge in [-0.25, -0.2) is 0 Å². The zero-order valence-electron chi connectivity index (χ0n) is 16.2. The molecule has 1 atom stereocenters. The van der Waals surface area contributed by atoms with E-state index in [0.717, 1.165) is 27.6 Å². The quantitative estimate of drug-likeness (QED) is 0.833. The van der Waals surface area contributed by atoms with Crippen LogP contribution in [0.5, 0.6) is 11.5 Å². The number of benzene rings is 2. The first-order valence-electron chi connectivity index (χ1n) is 9.29. The van der Waals surface area contributed by atoms with Crippen LogP contribution >= 0.6 is 0 Å². The van der Waals surface area contributed by atoms with Crippen LogP contribution in [0, 0.1) is 0 Å². The maximum atomic E-state index is 13.2. The number of carbonyl (C=O) groups is 2. The average molecular weight is 382 g/mol. The molecule has 0 fully saturated rings. The first-order valence-corrected chi connectivity index (χ1v) is 9.29. The zero-order valence-corrected chi connectivity index (χ0v) is 16.2. The van der Waals surface area contributed by atoms with E-state index in [1.807, 2.05) is 49.5 Å². The molecule has 2 aromatic rings. The smallest absolute Gasteiger partial charge is 0.283 e. The van der Waals surface area contributed by atoms with Crippen molar-refractivity contribution in [2.75, 3.05) is 30.6 Å². The molecule has 146 valence electrons. The normalized spacial score (nSPS) is 17.7. The number of likely N-dealkylation sites (N-methyl/N-ethyl adjacent to an activating group) is 1. The van der Waals surface area contributed by atoms with Crippen molar-refractivity contribution in [2.45, 2.75) is 25.9 Å². The highest BCUT2D eigenvalue weighted by molar-refractivity contribution is 6.14. The molecule has 7 nitrogen and oxygen atoms in total. The van der Waals surface area contributed by atoms with E-state index in [4.69, 9.17) is 9.47 Å². The van der Waals surface area contributed by atoms with E-state index in [1.165, 1.54) is 0 Å². The Bertz CT molecular complexity index is 941. The number of hydrogen-bond acceptors (Lipinski definition) is 4. The largest absolute Gasteiger partial charge is 0.454 e. The Labute approximate surface area is 163 Å². The summed E-state index contributed by atoms with van der Waals surface area (Å²) >= 11 is 0. The molecule has 0 aliphatic carbocycles. The summed E-state index contributed by atoms with van der Waals surface area (Å²) in [6.45, 7) is 4.70. The molecule has 4 rings (SSSR count). The lowest BCUT2D eigenvalue weighted by atomic mass is 9.96. The van der Waals surface area contributed by atoms with Crippen molar-refractivity contribution in [1.82, 2.24) is 0 Å². The predicted octanol–water partition coefficient (Wildman–Crippen LogP) is 1.19. The van der Waals surface area contributed by atoms with E-state index in [-0.39, 0.29) is 25.2 Å². The molecule has 2 heterocycles. The van der Waals surface area contributed by atoms with E-state index >= 15 is 0 Å². The van der Waals surface area contributed by atoms with Gasteiger partial charge < -0.3 is 19.7 Å². The highest BCUT2D eigenvalue weighted by Crippen LogP contribution is 2.36. The van der Waals surface area contributed by atoms with Gasteiger partial charge in [0.05, 0.1) is 18.4 Å². The summed E-state index contributed by atoms with van der Waals surface area (Å²) < 4.78 is 10.8. The fraction of sp³-hybridized carbons (Fsp3) is 0.333. The SMILES string of the molecule is C[NH+](CC(=O)N1c2ccccc2NC(=O)C1(C)C)Cc1ccc2c(c1)OCO2. The van der Waals surface area contributed by atoms with Gasteiger partial charge in [0, 0.05) is 5.56 Å². The second kappa shape index (κ2) is 6.83. The van der Waals surface area contributed by atoms with Gasteiger partial charge in [-0.1, -0.05) is 12.1 Å². The molecular formula is C21H24N3O4+. The Kier molecular flexibility index (Phi) is 4.47. The van der Waals surface area contributed by atoms with Crippen LogP contribution in [0.3, 0.4) is 0 Å². The molecule has 0 spiro atoms. The summed E-state index contributed by atoms with van der Waals surface area (Å²) in [5.74, 6) is 1.20. The number of carbonyl (C=O) groups excluding carboxylic acids is 2. The van der Waals surface area contributed by atoms with Gasteiger partial charge in [-0.2, -0.15) is 0 Å². The number of hydrogen-bond donors (Lipinski definition) is 2. The van der Waals surface area contributed by atoms with Gasteiger partial charge in [0.1, 0.15) is 12.1 Å². The molecule has 2 aromatic carbocycles. The summed E-state index contributed by atoms with van der Waals surface area (Å²) in [7, 11) is 1.96. The van der Waals surface area contributed by atoms with Crippen molar-refractivity contribution in [3.05, 3.63) is 48.0 Å². The lowest BCUT2D eigenvalue weighted by Crippen LogP contribution is -3.09. The van der Waals surface area contributed by atoms with Gasteiger partial charge >= 0.3 is 0 Å². The fourth-order valence-electron chi connectivity index (χ4n) is 3.70. The van der Waals surface area contributed by atoms with Crippen LogP contribution in [-0.2, 0) is 16.1 Å². The lowest BCUT2D eigenvalue weighted by Gasteiger charge is -2.42. The van der Waals surface area contributed by atoms with Gasteiger partial charge in [-0.3, -0.25) is 14.5 Å². The maximum Gasteiger partial charge on any atom is 0.283 e. The minimum atomic E-state index is -0.954. The van der Waals surface area contributed by atoms with E-state index in [0.29, 0.717) is 12.2 Å². The molecule has 0 radical (unpaired) electrons. The third kappa shape index (κ3) is 3.18. The Morgan fingerprint density at radius 3 is 2.75 bits per heavy atom. The van der Waals surface area contributed by atoms with Crippen LogP contribution in [0.15, 0.2) is 42.5 Å². The molecule has 0 saturated carbocycles. The first kappa shape index (κ1) is 18.3. The monoisotopic (exact) mass is 382 g/mol. The van der Waals surface area contributed by atoms with Crippen molar-refractivity contribution in [3.63, 3.8) is 0 Å². The average Bonchev–Trinajstić information content (AvgIpc) is 3.10. The molecule has 0 bridgehead atoms. The molecule has 7 heteroatoms. The van der Waals surface area contributed by atoms with E-state index in [2.05, 4.69) is 5.32 Å². The molecule has 28 heavy (non-hydrogen) atoms. The topological polar surface area (TPSA) is 72.3 Å². The summed E-state index contributed by atoms with van der Waals surface area (Å²) in [4.78, 5) is 28.4. The minimum absolute atomic E-state index is 0.0921. The number of quaternary nitrogens is 1. The number of para-hydroxylation sites is 2. The van der Waals surface area contributed by atoms with Crippen LogP contribution < -0.4 is 24.6 Å². The second-order valence-electron chi connectivity index (χ2n) is 7.76. The van der Waals surface area contributed by atoms with Gasteiger partial charge in [0.15, 0.2) is 18.0 Å². The number of fused-ring (bicyclic) bond motifs is 2. The Morgan fingerprint density at radius 2 is 1.93 bits per heavy atom. The van der Waals surface area contributed by atoms with Gasteiger partial charge in [0.25, 0.3) is 5.91 Å². The third-order valence-corrected chi connectivity index (χ3v) is 5.15. The molecular weight excluding hydrogens is 358 g/mol. The van der Waals surface area contributed by atoms with E-state index < -0.39 is 5.54 Å². The van der Waals surface area contributed by atoms with Crippen LogP contribution in [0.2, 0.25) is 0 Å². The molecule has 2 aliphatic heterocycles. The maximum absolute atomic E-state index is 13.2.